The van der Waals surface area contributed by atoms with E-state index in [9.17, 15) is 0 Å². The topological polar surface area (TPSA) is 73.8 Å². The summed E-state index contributed by atoms with van der Waals surface area (Å²) in [5.74, 6) is 0. The van der Waals surface area contributed by atoms with E-state index in [0.717, 1.165) is 24.8 Å². The zero-order valence-electron chi connectivity index (χ0n) is 29.0. The van der Waals surface area contributed by atoms with Crippen LogP contribution in [0.1, 0.15) is 150 Å². The smallest absolute Gasteiger partial charge is 0.119 e. The van der Waals surface area contributed by atoms with Crippen molar-refractivity contribution in [3.05, 3.63) is 11.6 Å². The molecule has 0 aromatic heterocycles. The number of hydrogen-bond donors (Lipinski definition) is 0. The molecule has 0 rings (SSSR count). The van der Waals surface area contributed by atoms with Gasteiger partial charge in [-0.1, -0.05) is 13.3 Å². The molecule has 0 aromatic carbocycles. The van der Waals surface area contributed by atoms with Crippen molar-refractivity contribution in [3.63, 3.8) is 0 Å². The highest BCUT2D eigenvalue weighted by Crippen LogP contribution is 2.33. The van der Waals surface area contributed by atoms with E-state index in [1.54, 1.807) is 0 Å². The van der Waals surface area contributed by atoms with Gasteiger partial charge in [0.15, 0.2) is 0 Å². The van der Waals surface area contributed by atoms with Gasteiger partial charge in [-0.2, -0.15) is 0 Å². The van der Waals surface area contributed by atoms with Gasteiger partial charge in [0.05, 0.1) is 34.6 Å². The van der Waals surface area contributed by atoms with Gasteiger partial charge in [-0.05, 0) is 142 Å². The lowest BCUT2D eigenvalue weighted by molar-refractivity contribution is -0.395. The molecule has 2 atom stereocenters. The Kier molecular flexibility index (Phi) is 15.5. The molecule has 0 radical (unpaired) electrons. The first-order valence-electron chi connectivity index (χ1n) is 14.9. The molecule has 0 fully saturated rings. The Labute approximate surface area is 246 Å². The maximum Gasteiger partial charge on any atom is 0.119 e. The lowest BCUT2D eigenvalue weighted by Gasteiger charge is -2.35. The molecular weight excluding hydrogens is 512 g/mol. The summed E-state index contributed by atoms with van der Waals surface area (Å²) in [6.45, 7) is 33.5. The fourth-order valence-corrected chi connectivity index (χ4v) is 3.23. The maximum absolute atomic E-state index is 6.07. The summed E-state index contributed by atoms with van der Waals surface area (Å²) in [6.07, 6.45) is 5.47. The van der Waals surface area contributed by atoms with Gasteiger partial charge in [0.2, 0.25) is 0 Å². The predicted octanol–water partition coefficient (Wildman–Crippen LogP) is 9.16. The van der Waals surface area contributed by atoms with Crippen molar-refractivity contribution in [2.75, 3.05) is 0 Å². The Hall–Kier alpha value is -0.580. The summed E-state index contributed by atoms with van der Waals surface area (Å²) >= 11 is 0. The van der Waals surface area contributed by atoms with Crippen LogP contribution in [0.3, 0.4) is 0 Å². The third kappa shape index (κ3) is 21.2. The molecule has 0 amide bonds. The molecule has 8 nitrogen and oxygen atoms in total. The van der Waals surface area contributed by atoms with Crippen LogP contribution < -0.4 is 0 Å². The van der Waals surface area contributed by atoms with Crippen LogP contribution >= 0.6 is 0 Å². The lowest BCUT2D eigenvalue weighted by atomic mass is 9.87. The molecule has 0 aromatic rings. The molecule has 0 saturated heterocycles. The van der Waals surface area contributed by atoms with Crippen molar-refractivity contribution >= 4 is 0 Å². The molecular formula is C32H64O8. The van der Waals surface area contributed by atoms with Gasteiger partial charge in [0.25, 0.3) is 0 Å². The fraction of sp³-hybridized carbons (Fsp3) is 0.938. The van der Waals surface area contributed by atoms with Crippen molar-refractivity contribution in [2.45, 2.75) is 196 Å². The van der Waals surface area contributed by atoms with Gasteiger partial charge in [-0.3, -0.25) is 0 Å². The Morgan fingerprint density at radius 1 is 0.500 bits per heavy atom. The fourth-order valence-electron chi connectivity index (χ4n) is 3.23. The highest BCUT2D eigenvalue weighted by molar-refractivity contribution is 5.19. The van der Waals surface area contributed by atoms with Crippen LogP contribution in [0.15, 0.2) is 11.6 Å². The zero-order valence-corrected chi connectivity index (χ0v) is 29.0. The summed E-state index contributed by atoms with van der Waals surface area (Å²) in [5, 5.41) is 0. The van der Waals surface area contributed by atoms with Crippen LogP contribution in [0.25, 0.3) is 0 Å². The number of hydrogen-bond acceptors (Lipinski definition) is 8. The minimum atomic E-state index is -0.798. The summed E-state index contributed by atoms with van der Waals surface area (Å²) in [4.78, 5) is 46.7. The van der Waals surface area contributed by atoms with E-state index in [2.05, 4.69) is 6.92 Å². The van der Waals surface area contributed by atoms with Crippen LogP contribution in [0.5, 0.6) is 0 Å². The van der Waals surface area contributed by atoms with Gasteiger partial charge in [-0.15, -0.1) is 0 Å². The first-order chi connectivity index (χ1) is 17.7. The number of rotatable bonds is 17. The van der Waals surface area contributed by atoms with Gasteiger partial charge >= 0.3 is 0 Å². The second kappa shape index (κ2) is 15.8. The third-order valence-corrected chi connectivity index (χ3v) is 5.04. The normalized spacial score (nSPS) is 16.4. The molecule has 0 aliphatic rings. The van der Waals surface area contributed by atoms with E-state index in [-0.39, 0.29) is 17.8 Å². The van der Waals surface area contributed by atoms with Gasteiger partial charge < -0.3 is 0 Å². The largest absolute Gasteiger partial charge is 0.233 e. The molecule has 40 heavy (non-hydrogen) atoms. The van der Waals surface area contributed by atoms with Crippen molar-refractivity contribution < 1.29 is 39.1 Å². The van der Waals surface area contributed by atoms with Gasteiger partial charge in [-0.25, -0.2) is 39.1 Å². The quantitative estimate of drug-likeness (QED) is 0.0964. The Bertz CT molecular complexity index is 730. The molecule has 240 valence electrons. The van der Waals surface area contributed by atoms with Crippen LogP contribution in [0, 0.1) is 0 Å². The molecule has 0 heterocycles. The Morgan fingerprint density at radius 2 is 0.900 bits per heavy atom. The molecule has 2 unspecified atom stereocenters. The minimum Gasteiger partial charge on any atom is -0.233 e. The summed E-state index contributed by atoms with van der Waals surface area (Å²) < 4.78 is 0. The Balaban J connectivity index is 6.17. The van der Waals surface area contributed by atoms with E-state index < -0.39 is 28.0 Å². The highest BCUT2D eigenvalue weighted by atomic mass is 17.2. The first kappa shape index (κ1) is 39.4. The molecule has 8 heteroatoms. The van der Waals surface area contributed by atoms with Crippen LogP contribution in [-0.2, 0) is 39.1 Å². The summed E-state index contributed by atoms with van der Waals surface area (Å²) in [6, 6.07) is 0. The van der Waals surface area contributed by atoms with Gasteiger partial charge in [0, 0.05) is 6.42 Å². The highest BCUT2D eigenvalue weighted by Gasteiger charge is 2.34. The Morgan fingerprint density at radius 3 is 1.32 bits per heavy atom. The molecule has 0 spiro atoms. The second-order valence-corrected chi connectivity index (χ2v) is 15.7. The molecule has 0 aliphatic heterocycles. The molecule has 0 saturated carbocycles. The van der Waals surface area contributed by atoms with Crippen molar-refractivity contribution in [1.29, 1.82) is 0 Å². The SMILES string of the molecule is CCCC(CCC(CC(=CC(C)(C)OOC(C)(C)C)C(C)(C)OOC(C)(C)C)OOC(C)(C)C)OOC(C)(C)C. The van der Waals surface area contributed by atoms with Gasteiger partial charge in [0.1, 0.15) is 11.2 Å². The van der Waals surface area contributed by atoms with E-state index in [1.165, 1.54) is 0 Å². The van der Waals surface area contributed by atoms with E-state index in [4.69, 9.17) is 39.1 Å². The van der Waals surface area contributed by atoms with Crippen molar-refractivity contribution in [2.24, 2.45) is 0 Å². The zero-order chi connectivity index (χ0) is 31.6. The predicted molar refractivity (Wildman–Crippen MR) is 160 cm³/mol. The average molecular weight is 577 g/mol. The summed E-state index contributed by atoms with van der Waals surface area (Å²) in [7, 11) is 0. The van der Waals surface area contributed by atoms with Crippen LogP contribution in [0.2, 0.25) is 0 Å². The standard InChI is InChI=1S/C32H64O8/c1-18-19-25(33-35-27(2,3)4)20-21-26(34-36-28(5,6)7)22-24(32(16,17)40-38-30(11,12)13)23-31(14,15)39-37-29(8,9)10/h23,25-26H,18-22H2,1-17H3. The third-order valence-electron chi connectivity index (χ3n) is 5.04. The van der Waals surface area contributed by atoms with Crippen LogP contribution in [0.4, 0.5) is 0 Å². The van der Waals surface area contributed by atoms with Crippen molar-refractivity contribution in [1.82, 2.24) is 0 Å². The second-order valence-electron chi connectivity index (χ2n) is 15.7. The molecule has 0 bridgehead atoms. The maximum atomic E-state index is 6.07. The minimum absolute atomic E-state index is 0.0640. The van der Waals surface area contributed by atoms with Crippen molar-refractivity contribution in [3.8, 4) is 0 Å². The van der Waals surface area contributed by atoms with E-state index in [0.29, 0.717) is 12.8 Å². The van der Waals surface area contributed by atoms with E-state index >= 15 is 0 Å². The first-order valence-corrected chi connectivity index (χ1v) is 14.9. The average Bonchev–Trinajstić information content (AvgIpc) is 2.73. The molecule has 0 N–H and O–H groups in total. The lowest BCUT2D eigenvalue weighted by Crippen LogP contribution is -2.37. The van der Waals surface area contributed by atoms with Crippen LogP contribution in [-0.4, -0.2) is 45.8 Å². The summed E-state index contributed by atoms with van der Waals surface area (Å²) in [5.41, 5.74) is -2.42. The van der Waals surface area contributed by atoms with E-state index in [1.807, 2.05) is 117 Å². The monoisotopic (exact) mass is 576 g/mol. The molecule has 0 aliphatic carbocycles.